The van der Waals surface area contributed by atoms with Crippen LogP contribution in [0.25, 0.3) is 0 Å². The Morgan fingerprint density at radius 2 is 0.606 bits per heavy atom. The predicted octanol–water partition coefficient (Wildman–Crippen LogP) is 17.9. The van der Waals surface area contributed by atoms with Crippen molar-refractivity contribution >= 4 is 17.9 Å². The summed E-state index contributed by atoms with van der Waals surface area (Å²) in [6, 6.07) is 0. The van der Waals surface area contributed by atoms with E-state index in [1.54, 1.807) is 0 Å². The Morgan fingerprint density at radius 3 is 0.985 bits per heavy atom. The predicted molar refractivity (Wildman–Crippen MR) is 283 cm³/mol. The first-order valence-corrected chi connectivity index (χ1v) is 26.9. The number of allylic oxidation sites excluding steroid dienone is 18. The van der Waals surface area contributed by atoms with Gasteiger partial charge in [0.25, 0.3) is 0 Å². The maximum Gasteiger partial charge on any atom is 0.306 e. The summed E-state index contributed by atoms with van der Waals surface area (Å²) in [6.45, 7) is 6.32. The molecule has 0 aliphatic heterocycles. The number of ether oxygens (including phenoxy) is 3. The minimum Gasteiger partial charge on any atom is -0.462 e. The highest BCUT2D eigenvalue weighted by molar-refractivity contribution is 5.71. The average molecular weight is 915 g/mol. The van der Waals surface area contributed by atoms with Crippen LogP contribution in [0.3, 0.4) is 0 Å². The zero-order chi connectivity index (χ0) is 47.9. The summed E-state index contributed by atoms with van der Waals surface area (Å²) in [6.07, 6.45) is 72.2. The lowest BCUT2D eigenvalue weighted by Gasteiger charge is -2.18. The van der Waals surface area contributed by atoms with Gasteiger partial charge in [-0.05, 0) is 96.3 Å². The Bertz CT molecular complexity index is 1370. The zero-order valence-corrected chi connectivity index (χ0v) is 42.7. The van der Waals surface area contributed by atoms with Gasteiger partial charge in [0.2, 0.25) is 0 Å². The van der Waals surface area contributed by atoms with Gasteiger partial charge >= 0.3 is 17.9 Å². The minimum atomic E-state index is -0.818. The van der Waals surface area contributed by atoms with Gasteiger partial charge in [0.15, 0.2) is 6.10 Å². The third-order valence-corrected chi connectivity index (χ3v) is 11.0. The second-order valence-electron chi connectivity index (χ2n) is 17.4. The number of hydrogen-bond acceptors (Lipinski definition) is 6. The summed E-state index contributed by atoms with van der Waals surface area (Å²) in [5.74, 6) is -1.01. The maximum absolute atomic E-state index is 12.8. The van der Waals surface area contributed by atoms with E-state index in [1.807, 2.05) is 0 Å². The molecule has 0 aromatic carbocycles. The molecule has 0 bridgehead atoms. The fourth-order valence-corrected chi connectivity index (χ4v) is 7.06. The van der Waals surface area contributed by atoms with Crippen LogP contribution in [0.15, 0.2) is 109 Å². The highest BCUT2D eigenvalue weighted by Gasteiger charge is 2.19. The molecule has 6 nitrogen and oxygen atoms in total. The van der Waals surface area contributed by atoms with Crippen molar-refractivity contribution in [2.75, 3.05) is 13.2 Å². The van der Waals surface area contributed by atoms with E-state index in [1.165, 1.54) is 83.5 Å². The number of hydrogen-bond donors (Lipinski definition) is 0. The smallest absolute Gasteiger partial charge is 0.306 e. The van der Waals surface area contributed by atoms with Crippen molar-refractivity contribution in [3.63, 3.8) is 0 Å². The normalized spacial score (nSPS) is 13.0. The SMILES string of the molecule is CC/C=C\C/C=C\C/C=C\C/C=C\C/C=C\CCCC(=O)OCC(COC(=O)CCCC/C=C\C/C=C\C/C=C\C/C=C\CC)OC(=O)CCCCCCCCCCCCCCCCCC. The van der Waals surface area contributed by atoms with Crippen LogP contribution < -0.4 is 0 Å². The second kappa shape index (κ2) is 53.7. The monoisotopic (exact) mass is 915 g/mol. The van der Waals surface area contributed by atoms with Gasteiger partial charge in [0.1, 0.15) is 13.2 Å². The van der Waals surface area contributed by atoms with Crippen LogP contribution in [-0.2, 0) is 28.6 Å². The van der Waals surface area contributed by atoms with Gasteiger partial charge in [-0.15, -0.1) is 0 Å². The molecule has 66 heavy (non-hydrogen) atoms. The Morgan fingerprint density at radius 1 is 0.318 bits per heavy atom. The van der Waals surface area contributed by atoms with Gasteiger partial charge in [-0.25, -0.2) is 0 Å². The van der Waals surface area contributed by atoms with Crippen molar-refractivity contribution in [2.24, 2.45) is 0 Å². The fraction of sp³-hybridized carbons (Fsp3) is 0.650. The third kappa shape index (κ3) is 51.1. The number of carbonyl (C=O) groups is 3. The van der Waals surface area contributed by atoms with Crippen LogP contribution in [0.5, 0.6) is 0 Å². The van der Waals surface area contributed by atoms with Crippen molar-refractivity contribution in [3.05, 3.63) is 109 Å². The number of unbranched alkanes of at least 4 members (excludes halogenated alkanes) is 18. The van der Waals surface area contributed by atoms with Gasteiger partial charge in [-0.3, -0.25) is 14.4 Å². The molecular weight excluding hydrogens is 817 g/mol. The summed E-state index contributed by atoms with van der Waals surface area (Å²) in [5.41, 5.74) is 0. The summed E-state index contributed by atoms with van der Waals surface area (Å²) < 4.78 is 16.7. The van der Waals surface area contributed by atoms with Crippen LogP contribution in [-0.4, -0.2) is 37.2 Å². The van der Waals surface area contributed by atoms with E-state index in [0.717, 1.165) is 96.3 Å². The van der Waals surface area contributed by atoms with E-state index in [-0.39, 0.29) is 37.5 Å². The van der Waals surface area contributed by atoms with Crippen LogP contribution in [0.2, 0.25) is 0 Å². The first-order chi connectivity index (χ1) is 32.5. The Kier molecular flexibility index (Phi) is 50.5. The molecule has 0 amide bonds. The van der Waals surface area contributed by atoms with Crippen LogP contribution >= 0.6 is 0 Å². The van der Waals surface area contributed by atoms with Gasteiger partial charge in [-0.2, -0.15) is 0 Å². The lowest BCUT2D eigenvalue weighted by Crippen LogP contribution is -2.30. The molecule has 0 aromatic rings. The summed E-state index contributed by atoms with van der Waals surface area (Å²) in [4.78, 5) is 38.0. The second-order valence-corrected chi connectivity index (χ2v) is 17.4. The molecule has 0 radical (unpaired) electrons. The van der Waals surface area contributed by atoms with Crippen molar-refractivity contribution < 1.29 is 28.6 Å². The Labute approximate surface area is 406 Å². The van der Waals surface area contributed by atoms with Crippen LogP contribution in [0.1, 0.15) is 233 Å². The lowest BCUT2D eigenvalue weighted by atomic mass is 10.0. The first-order valence-electron chi connectivity index (χ1n) is 26.9. The molecule has 0 saturated carbocycles. The summed E-state index contributed by atoms with van der Waals surface area (Å²) >= 11 is 0. The molecule has 1 atom stereocenters. The molecule has 0 fully saturated rings. The highest BCUT2D eigenvalue weighted by Crippen LogP contribution is 2.15. The molecule has 0 aliphatic carbocycles. The molecule has 0 heterocycles. The molecule has 0 N–H and O–H groups in total. The quantitative estimate of drug-likeness (QED) is 0.0262. The van der Waals surface area contributed by atoms with Crippen molar-refractivity contribution in [1.82, 2.24) is 0 Å². The van der Waals surface area contributed by atoms with E-state index in [0.29, 0.717) is 25.7 Å². The van der Waals surface area contributed by atoms with Gasteiger partial charge in [0.05, 0.1) is 0 Å². The summed E-state index contributed by atoms with van der Waals surface area (Å²) in [7, 11) is 0. The minimum absolute atomic E-state index is 0.117. The third-order valence-electron chi connectivity index (χ3n) is 11.0. The van der Waals surface area contributed by atoms with Crippen LogP contribution in [0, 0.1) is 0 Å². The molecule has 1 unspecified atom stereocenters. The summed E-state index contributed by atoms with van der Waals surface area (Å²) in [5, 5.41) is 0. The molecule has 0 saturated heterocycles. The average Bonchev–Trinajstić information content (AvgIpc) is 3.31. The molecule has 6 heteroatoms. The van der Waals surface area contributed by atoms with E-state index >= 15 is 0 Å². The van der Waals surface area contributed by atoms with Gasteiger partial charge in [0, 0.05) is 19.3 Å². The van der Waals surface area contributed by atoms with E-state index in [9.17, 15) is 14.4 Å². The van der Waals surface area contributed by atoms with E-state index < -0.39 is 6.10 Å². The van der Waals surface area contributed by atoms with E-state index in [4.69, 9.17) is 14.2 Å². The van der Waals surface area contributed by atoms with Gasteiger partial charge < -0.3 is 14.2 Å². The topological polar surface area (TPSA) is 78.9 Å². The van der Waals surface area contributed by atoms with E-state index in [2.05, 4.69) is 130 Å². The Hall–Kier alpha value is -3.93. The van der Waals surface area contributed by atoms with Crippen molar-refractivity contribution in [1.29, 1.82) is 0 Å². The largest absolute Gasteiger partial charge is 0.462 e. The number of esters is 3. The maximum atomic E-state index is 12.8. The zero-order valence-electron chi connectivity index (χ0n) is 42.7. The molecule has 0 aliphatic rings. The first kappa shape index (κ1) is 62.1. The molecular formula is C60H98O6. The standard InChI is InChI=1S/C60H98O6/c1-4-7-10-13-16-19-22-25-28-30-33-35-38-41-44-47-50-53-59(62)65-56-57(55-64-58(61)52-49-46-43-40-37-34-31-27-24-21-18-15-12-9-6-3)66-60(63)54-51-48-45-42-39-36-32-29-26-23-20-17-14-11-8-5-2/h7,9-10,12,16,18-19,21,25,27-28,31,33,35,37,40-41,44,57H,4-6,8,11,13-15,17,20,22-24,26,29-30,32,34,36,38-39,42-43,45-56H2,1-3H3/b10-7-,12-9-,19-16-,21-18-,28-25-,31-27-,35-33-,40-37-,44-41-. The molecule has 0 spiro atoms. The Balaban J connectivity index is 4.54. The lowest BCUT2D eigenvalue weighted by molar-refractivity contribution is -0.167. The van der Waals surface area contributed by atoms with Crippen molar-refractivity contribution in [2.45, 2.75) is 239 Å². The number of carbonyl (C=O) groups excluding carboxylic acids is 3. The van der Waals surface area contributed by atoms with Crippen molar-refractivity contribution in [3.8, 4) is 0 Å². The highest BCUT2D eigenvalue weighted by atomic mass is 16.6. The molecule has 374 valence electrons. The fourth-order valence-electron chi connectivity index (χ4n) is 7.06. The molecule has 0 rings (SSSR count). The number of rotatable bonds is 47. The van der Waals surface area contributed by atoms with Gasteiger partial charge in [-0.1, -0.05) is 226 Å². The van der Waals surface area contributed by atoms with Crippen LogP contribution in [0.4, 0.5) is 0 Å². The molecule has 0 aromatic heterocycles.